The Hall–Kier alpha value is -2.79. The van der Waals surface area contributed by atoms with Gasteiger partial charge >= 0.3 is 0 Å². The molecular formula is C18H20N4O. The number of amidine groups is 1. The molecule has 5 heteroatoms. The standard InChI is InChI=1S/C18H20N4O/c1-5-17(21-12-20)22(6-2)15-10-18(3,4)23-16-8-7-13(11-19)9-14(15)16/h7-10H,5-6H2,1-4H3/b21-17-. The molecule has 2 rings (SSSR count). The summed E-state index contributed by atoms with van der Waals surface area (Å²) in [6, 6.07) is 7.55. The van der Waals surface area contributed by atoms with Gasteiger partial charge in [0, 0.05) is 18.5 Å². The van der Waals surface area contributed by atoms with Gasteiger partial charge in [-0.1, -0.05) is 6.92 Å². The molecule has 0 aliphatic carbocycles. The fraction of sp³-hybridized carbons (Fsp3) is 0.389. The minimum absolute atomic E-state index is 0.477. The number of nitriles is 2. The third kappa shape index (κ3) is 3.35. The SMILES string of the molecule is CC/C(=N/C#N)N(CC)C1=CC(C)(C)Oc2ccc(C#N)cc21. The average Bonchev–Trinajstić information content (AvgIpc) is 2.53. The van der Waals surface area contributed by atoms with E-state index in [0.29, 0.717) is 24.4 Å². The highest BCUT2D eigenvalue weighted by molar-refractivity contribution is 5.92. The van der Waals surface area contributed by atoms with Gasteiger partial charge in [0.15, 0.2) is 0 Å². The number of fused-ring (bicyclic) bond motifs is 1. The Morgan fingerprint density at radius 2 is 2.04 bits per heavy atom. The molecule has 0 N–H and O–H groups in total. The van der Waals surface area contributed by atoms with Gasteiger partial charge in [-0.05, 0) is 45.0 Å². The molecule has 1 heterocycles. The van der Waals surface area contributed by atoms with Crippen LogP contribution in [0.1, 0.15) is 45.2 Å². The van der Waals surface area contributed by atoms with Gasteiger partial charge in [0.25, 0.3) is 0 Å². The molecule has 0 spiro atoms. The molecule has 1 aliphatic heterocycles. The molecule has 0 unspecified atom stereocenters. The first-order valence-electron chi connectivity index (χ1n) is 7.65. The predicted molar refractivity (Wildman–Crippen MR) is 89.6 cm³/mol. The monoisotopic (exact) mass is 308 g/mol. The molecule has 0 radical (unpaired) electrons. The number of nitrogens with zero attached hydrogens (tertiary/aromatic N) is 4. The Labute approximate surface area is 137 Å². The Balaban J connectivity index is 2.63. The lowest BCUT2D eigenvalue weighted by atomic mass is 9.96. The summed E-state index contributed by atoms with van der Waals surface area (Å²) in [6.45, 7) is 8.62. The Morgan fingerprint density at radius 1 is 1.30 bits per heavy atom. The van der Waals surface area contributed by atoms with Gasteiger partial charge in [0.2, 0.25) is 6.19 Å². The lowest BCUT2D eigenvalue weighted by Crippen LogP contribution is -2.36. The molecule has 1 aliphatic rings. The second-order valence-corrected chi connectivity index (χ2v) is 5.78. The molecular weight excluding hydrogens is 288 g/mol. The summed E-state index contributed by atoms with van der Waals surface area (Å²) in [5.41, 5.74) is 1.87. The van der Waals surface area contributed by atoms with Crippen LogP contribution >= 0.6 is 0 Å². The Kier molecular flexibility index (Phi) is 4.71. The number of aliphatic imine (C=N–C) groups is 1. The highest BCUT2D eigenvalue weighted by Gasteiger charge is 2.30. The van der Waals surface area contributed by atoms with E-state index in [-0.39, 0.29) is 0 Å². The number of ether oxygens (including phenoxy) is 1. The zero-order chi connectivity index (χ0) is 17.0. The van der Waals surface area contributed by atoms with Crippen LogP contribution in [0.5, 0.6) is 5.75 Å². The van der Waals surface area contributed by atoms with E-state index in [1.54, 1.807) is 6.07 Å². The summed E-state index contributed by atoms with van der Waals surface area (Å²) in [5.74, 6) is 1.43. The molecule has 0 fully saturated rings. The minimum atomic E-state index is -0.477. The summed E-state index contributed by atoms with van der Waals surface area (Å²) in [4.78, 5) is 5.96. The molecule has 118 valence electrons. The molecule has 1 aromatic carbocycles. The molecule has 0 saturated heterocycles. The maximum Gasteiger partial charge on any atom is 0.207 e. The van der Waals surface area contributed by atoms with Gasteiger partial charge in [0.05, 0.1) is 17.3 Å². The van der Waals surface area contributed by atoms with Gasteiger partial charge in [-0.2, -0.15) is 15.5 Å². The molecule has 0 aromatic heterocycles. The zero-order valence-corrected chi connectivity index (χ0v) is 13.9. The van der Waals surface area contributed by atoms with Crippen LogP contribution in [0, 0.1) is 22.8 Å². The summed E-state index contributed by atoms with van der Waals surface area (Å²) < 4.78 is 6.00. The molecule has 0 saturated carbocycles. The van der Waals surface area contributed by atoms with Crippen molar-refractivity contribution in [2.75, 3.05) is 6.54 Å². The van der Waals surface area contributed by atoms with E-state index in [1.807, 2.05) is 57.0 Å². The predicted octanol–water partition coefficient (Wildman–Crippen LogP) is 3.68. The molecule has 5 nitrogen and oxygen atoms in total. The number of benzene rings is 1. The van der Waals surface area contributed by atoms with Gasteiger partial charge in [-0.15, -0.1) is 0 Å². The molecule has 0 bridgehead atoms. The first-order chi connectivity index (χ1) is 11.0. The Bertz CT molecular complexity index is 747. The van der Waals surface area contributed by atoms with E-state index in [0.717, 1.165) is 17.0 Å². The number of hydrogen-bond acceptors (Lipinski definition) is 4. The Morgan fingerprint density at radius 3 is 2.61 bits per heavy atom. The van der Waals surface area contributed by atoms with Crippen molar-refractivity contribution < 1.29 is 4.74 Å². The van der Waals surface area contributed by atoms with Crippen molar-refractivity contribution >= 4 is 11.5 Å². The highest BCUT2D eigenvalue weighted by atomic mass is 16.5. The third-order valence-corrected chi connectivity index (χ3v) is 3.66. The normalized spacial score (nSPS) is 15.6. The first-order valence-corrected chi connectivity index (χ1v) is 7.65. The lowest BCUT2D eigenvalue weighted by Gasteiger charge is -2.36. The first kappa shape index (κ1) is 16.6. The maximum absolute atomic E-state index is 9.17. The minimum Gasteiger partial charge on any atom is -0.483 e. The molecule has 0 atom stereocenters. The second-order valence-electron chi connectivity index (χ2n) is 5.78. The van der Waals surface area contributed by atoms with Crippen molar-refractivity contribution in [2.45, 2.75) is 39.7 Å². The van der Waals surface area contributed by atoms with Crippen LogP contribution < -0.4 is 4.74 Å². The lowest BCUT2D eigenvalue weighted by molar-refractivity contribution is 0.156. The van der Waals surface area contributed by atoms with Crippen molar-refractivity contribution in [2.24, 2.45) is 4.99 Å². The van der Waals surface area contributed by atoms with Crippen LogP contribution in [0.4, 0.5) is 0 Å². The van der Waals surface area contributed by atoms with Gasteiger partial charge in [-0.3, -0.25) is 0 Å². The van der Waals surface area contributed by atoms with Gasteiger partial charge < -0.3 is 9.64 Å². The van der Waals surface area contributed by atoms with E-state index >= 15 is 0 Å². The fourth-order valence-corrected chi connectivity index (χ4v) is 2.71. The van der Waals surface area contributed by atoms with E-state index in [1.165, 1.54) is 0 Å². The maximum atomic E-state index is 9.17. The third-order valence-electron chi connectivity index (χ3n) is 3.66. The van der Waals surface area contributed by atoms with Crippen LogP contribution in [0.2, 0.25) is 0 Å². The van der Waals surface area contributed by atoms with Crippen molar-refractivity contribution in [1.82, 2.24) is 4.90 Å². The quantitative estimate of drug-likeness (QED) is 0.485. The van der Waals surface area contributed by atoms with Crippen molar-refractivity contribution in [3.05, 3.63) is 35.4 Å². The van der Waals surface area contributed by atoms with Crippen LogP contribution in [-0.4, -0.2) is 22.9 Å². The summed E-state index contributed by atoms with van der Waals surface area (Å²) >= 11 is 0. The number of hydrogen-bond donors (Lipinski definition) is 0. The van der Waals surface area contributed by atoms with E-state index < -0.39 is 5.60 Å². The molecule has 1 aromatic rings. The van der Waals surface area contributed by atoms with Crippen molar-refractivity contribution in [1.29, 1.82) is 10.5 Å². The van der Waals surface area contributed by atoms with Crippen LogP contribution in [-0.2, 0) is 0 Å². The highest BCUT2D eigenvalue weighted by Crippen LogP contribution is 2.38. The second kappa shape index (κ2) is 6.54. The average molecular weight is 308 g/mol. The van der Waals surface area contributed by atoms with Crippen LogP contribution in [0.15, 0.2) is 29.3 Å². The van der Waals surface area contributed by atoms with Crippen molar-refractivity contribution in [3.63, 3.8) is 0 Å². The largest absolute Gasteiger partial charge is 0.483 e. The molecule has 0 amide bonds. The van der Waals surface area contributed by atoms with E-state index in [4.69, 9.17) is 10.00 Å². The zero-order valence-electron chi connectivity index (χ0n) is 13.9. The topological polar surface area (TPSA) is 72.4 Å². The van der Waals surface area contributed by atoms with Crippen LogP contribution in [0.25, 0.3) is 5.70 Å². The van der Waals surface area contributed by atoms with Crippen LogP contribution in [0.3, 0.4) is 0 Å². The summed E-state index contributed by atoms with van der Waals surface area (Å²) in [6.07, 6.45) is 4.54. The number of rotatable bonds is 3. The summed E-state index contributed by atoms with van der Waals surface area (Å²) in [5, 5.41) is 18.1. The summed E-state index contributed by atoms with van der Waals surface area (Å²) in [7, 11) is 0. The van der Waals surface area contributed by atoms with E-state index in [2.05, 4.69) is 11.1 Å². The molecule has 23 heavy (non-hydrogen) atoms. The van der Waals surface area contributed by atoms with Crippen molar-refractivity contribution in [3.8, 4) is 18.0 Å². The van der Waals surface area contributed by atoms with Gasteiger partial charge in [0.1, 0.15) is 17.2 Å². The van der Waals surface area contributed by atoms with E-state index in [9.17, 15) is 5.26 Å². The fourth-order valence-electron chi connectivity index (χ4n) is 2.71. The van der Waals surface area contributed by atoms with Gasteiger partial charge in [-0.25, -0.2) is 0 Å². The smallest absolute Gasteiger partial charge is 0.207 e.